The number of alkyl halides is 1. The molecule has 0 bridgehead atoms. The van der Waals surface area contributed by atoms with Gasteiger partial charge >= 0.3 is 5.97 Å². The Morgan fingerprint density at radius 2 is 2.14 bits per heavy atom. The summed E-state index contributed by atoms with van der Waals surface area (Å²) in [6.07, 6.45) is 7.67. The topological polar surface area (TPSA) is 87.0 Å². The molecule has 0 aliphatic heterocycles. The summed E-state index contributed by atoms with van der Waals surface area (Å²) in [4.78, 5) is 10.5. The first-order chi connectivity index (χ1) is 13.5. The molecule has 3 N–H and O–H groups in total. The van der Waals surface area contributed by atoms with Crippen LogP contribution in [0, 0.1) is 11.8 Å². The van der Waals surface area contributed by atoms with Gasteiger partial charge in [-0.25, -0.2) is 0 Å². The van der Waals surface area contributed by atoms with E-state index in [0.717, 1.165) is 24.8 Å². The second-order valence-corrected chi connectivity index (χ2v) is 8.37. The maximum Gasteiger partial charge on any atom is 0.303 e. The molecule has 0 aromatic heterocycles. The predicted octanol–water partition coefficient (Wildman–Crippen LogP) is 3.68. The Bertz CT molecular complexity index is 704. The van der Waals surface area contributed by atoms with Crippen molar-refractivity contribution in [1.29, 1.82) is 0 Å². The van der Waals surface area contributed by atoms with E-state index in [1.54, 1.807) is 0 Å². The third-order valence-corrected chi connectivity index (χ3v) is 6.39. The van der Waals surface area contributed by atoms with Crippen molar-refractivity contribution in [2.24, 2.45) is 11.8 Å². The highest BCUT2D eigenvalue weighted by Gasteiger charge is 2.46. The standard InChI is InChI=1S/C22H29ClO5/c23-17-13-18(24)21(16(17)9-3-1-2-4-12-20(25)26)22(27)28-19-11-6-8-14-7-5-10-15(14)19/h1,3,6,8,11,16-18,21-22,24,27H,2,4-5,7,9-10,12-13H2,(H,25,26)/b3-1-/t16-,17+,18+,21-,22?/m0/s1. The van der Waals surface area contributed by atoms with Crippen LogP contribution in [0.1, 0.15) is 49.7 Å². The minimum Gasteiger partial charge on any atom is -0.481 e. The van der Waals surface area contributed by atoms with Gasteiger partial charge in [0.25, 0.3) is 0 Å². The lowest BCUT2D eigenvalue weighted by molar-refractivity contribution is -0.137. The quantitative estimate of drug-likeness (QED) is 0.251. The fraction of sp³-hybridized carbons (Fsp3) is 0.591. The van der Waals surface area contributed by atoms with Crippen molar-refractivity contribution in [2.45, 2.75) is 69.1 Å². The Morgan fingerprint density at radius 3 is 2.93 bits per heavy atom. The van der Waals surface area contributed by atoms with Gasteiger partial charge in [0, 0.05) is 11.8 Å². The molecule has 1 aromatic carbocycles. The number of carboxylic acids is 1. The maximum atomic E-state index is 10.8. The lowest BCUT2D eigenvalue weighted by Crippen LogP contribution is -2.36. The fourth-order valence-electron chi connectivity index (χ4n) is 4.44. The van der Waals surface area contributed by atoms with Crippen LogP contribution >= 0.6 is 11.6 Å². The van der Waals surface area contributed by atoms with E-state index in [-0.39, 0.29) is 17.7 Å². The average molecular weight is 409 g/mol. The number of unbranched alkanes of at least 4 members (excludes halogenated alkanes) is 1. The molecule has 0 amide bonds. The summed E-state index contributed by atoms with van der Waals surface area (Å²) in [6, 6.07) is 5.92. The van der Waals surface area contributed by atoms with E-state index in [4.69, 9.17) is 21.4 Å². The van der Waals surface area contributed by atoms with Gasteiger partial charge in [0.15, 0.2) is 0 Å². The number of carbonyl (C=O) groups is 1. The predicted molar refractivity (Wildman–Crippen MR) is 108 cm³/mol. The molecule has 3 rings (SSSR count). The van der Waals surface area contributed by atoms with Crippen LogP contribution in [-0.4, -0.2) is 39.1 Å². The van der Waals surface area contributed by atoms with E-state index >= 15 is 0 Å². The van der Waals surface area contributed by atoms with Gasteiger partial charge in [0.05, 0.1) is 12.0 Å². The number of aliphatic hydroxyl groups is 2. The SMILES string of the molecule is O=C(O)CCC/C=C\C[C@@H]1[C@H](C(O)Oc2cccc3c2CCC3)[C@H](O)C[C@H]1Cl. The van der Waals surface area contributed by atoms with Gasteiger partial charge in [0.1, 0.15) is 5.75 Å². The van der Waals surface area contributed by atoms with Crippen LogP contribution in [0.2, 0.25) is 0 Å². The van der Waals surface area contributed by atoms with Crippen LogP contribution in [0.5, 0.6) is 5.75 Å². The summed E-state index contributed by atoms with van der Waals surface area (Å²) in [5, 5.41) is 29.7. The molecule has 0 saturated heterocycles. The number of benzene rings is 1. The summed E-state index contributed by atoms with van der Waals surface area (Å²) in [7, 11) is 0. The lowest BCUT2D eigenvalue weighted by atomic mass is 9.90. The van der Waals surface area contributed by atoms with E-state index in [2.05, 4.69) is 6.07 Å². The van der Waals surface area contributed by atoms with Gasteiger partial charge < -0.3 is 20.1 Å². The number of fused-ring (bicyclic) bond motifs is 1. The third kappa shape index (κ3) is 5.07. The molecule has 2 aliphatic carbocycles. The summed E-state index contributed by atoms with van der Waals surface area (Å²) < 4.78 is 5.91. The third-order valence-electron chi connectivity index (χ3n) is 5.89. The van der Waals surface area contributed by atoms with E-state index in [0.29, 0.717) is 31.4 Å². The molecule has 5 atom stereocenters. The second-order valence-electron chi connectivity index (χ2n) is 7.81. The van der Waals surface area contributed by atoms with Gasteiger partial charge in [-0.2, -0.15) is 0 Å². The monoisotopic (exact) mass is 408 g/mol. The zero-order valence-corrected chi connectivity index (χ0v) is 16.7. The smallest absolute Gasteiger partial charge is 0.303 e. The molecule has 154 valence electrons. The first-order valence-electron chi connectivity index (χ1n) is 10.1. The molecule has 1 fully saturated rings. The van der Waals surface area contributed by atoms with Crippen LogP contribution in [0.4, 0.5) is 0 Å². The van der Waals surface area contributed by atoms with E-state index in [9.17, 15) is 15.0 Å². The van der Waals surface area contributed by atoms with E-state index in [1.165, 1.54) is 5.56 Å². The second kappa shape index (κ2) is 9.77. The average Bonchev–Trinajstić information content (AvgIpc) is 3.22. The molecule has 1 aromatic rings. The zero-order chi connectivity index (χ0) is 20.1. The number of aliphatic hydroxyl groups excluding tert-OH is 2. The van der Waals surface area contributed by atoms with Crippen molar-refractivity contribution in [3.05, 3.63) is 41.5 Å². The molecule has 0 radical (unpaired) electrons. The van der Waals surface area contributed by atoms with Gasteiger partial charge in [-0.1, -0.05) is 24.3 Å². The highest BCUT2D eigenvalue weighted by molar-refractivity contribution is 6.21. The number of halogens is 1. The lowest BCUT2D eigenvalue weighted by Gasteiger charge is -2.28. The Labute approximate surface area is 171 Å². The Morgan fingerprint density at radius 1 is 1.32 bits per heavy atom. The number of rotatable bonds is 9. The number of aryl methyl sites for hydroxylation is 1. The zero-order valence-electron chi connectivity index (χ0n) is 16.0. The molecule has 28 heavy (non-hydrogen) atoms. The Kier molecular flexibility index (Phi) is 7.38. The van der Waals surface area contributed by atoms with E-state index in [1.807, 2.05) is 24.3 Å². The van der Waals surface area contributed by atoms with Crippen LogP contribution < -0.4 is 4.74 Å². The largest absolute Gasteiger partial charge is 0.481 e. The van der Waals surface area contributed by atoms with Gasteiger partial charge in [-0.3, -0.25) is 4.79 Å². The fourth-order valence-corrected chi connectivity index (χ4v) is 4.89. The van der Waals surface area contributed by atoms with Crippen LogP contribution in [0.25, 0.3) is 0 Å². The van der Waals surface area contributed by atoms with E-state index < -0.39 is 24.3 Å². The van der Waals surface area contributed by atoms with Crippen molar-refractivity contribution in [3.8, 4) is 5.75 Å². The molecule has 0 spiro atoms. The van der Waals surface area contributed by atoms with Crippen molar-refractivity contribution < 1.29 is 24.9 Å². The summed E-state index contributed by atoms with van der Waals surface area (Å²) in [5.74, 6) is -0.640. The highest BCUT2D eigenvalue weighted by atomic mass is 35.5. The highest BCUT2D eigenvalue weighted by Crippen LogP contribution is 2.41. The van der Waals surface area contributed by atoms with Gasteiger partial charge in [0.2, 0.25) is 6.29 Å². The number of allylic oxidation sites excluding steroid dienone is 2. The first kappa shape index (κ1) is 21.2. The number of aliphatic carboxylic acids is 1. The van der Waals surface area contributed by atoms with Gasteiger partial charge in [-0.15, -0.1) is 11.6 Å². The number of ether oxygens (including phenoxy) is 1. The maximum absolute atomic E-state index is 10.8. The number of hydrogen-bond acceptors (Lipinski definition) is 4. The van der Waals surface area contributed by atoms with Crippen molar-refractivity contribution in [2.75, 3.05) is 0 Å². The molecule has 1 saturated carbocycles. The molecule has 1 unspecified atom stereocenters. The minimum atomic E-state index is -1.11. The van der Waals surface area contributed by atoms with Gasteiger partial charge in [-0.05, 0) is 68.1 Å². The normalized spacial score (nSPS) is 27.8. The summed E-state index contributed by atoms with van der Waals surface area (Å²) in [6.45, 7) is 0. The van der Waals surface area contributed by atoms with Crippen LogP contribution in [0.3, 0.4) is 0 Å². The number of hydrogen-bond donors (Lipinski definition) is 3. The summed E-state index contributed by atoms with van der Waals surface area (Å²) in [5.41, 5.74) is 2.43. The van der Waals surface area contributed by atoms with Crippen molar-refractivity contribution >= 4 is 17.6 Å². The molecule has 0 heterocycles. The Balaban J connectivity index is 1.61. The number of carboxylic acid groups (broad SMARTS) is 1. The van der Waals surface area contributed by atoms with Crippen molar-refractivity contribution in [3.63, 3.8) is 0 Å². The van der Waals surface area contributed by atoms with Crippen molar-refractivity contribution in [1.82, 2.24) is 0 Å². The Hall–Kier alpha value is -1.56. The molecule has 2 aliphatic rings. The van der Waals surface area contributed by atoms with Crippen LogP contribution in [0.15, 0.2) is 30.4 Å². The molecular weight excluding hydrogens is 380 g/mol. The molecular formula is C22H29ClO5. The minimum absolute atomic E-state index is 0.0980. The van der Waals surface area contributed by atoms with Crippen LogP contribution in [-0.2, 0) is 17.6 Å². The first-order valence-corrected chi connectivity index (χ1v) is 10.6. The summed E-state index contributed by atoms with van der Waals surface area (Å²) >= 11 is 6.45. The molecule has 5 nitrogen and oxygen atoms in total. The molecule has 6 heteroatoms.